The number of piperazine rings is 1. The molecule has 0 amide bonds. The average Bonchev–Trinajstić information content (AvgIpc) is 2.63. The maximum Gasteiger partial charge on any atom is 0.123 e. The minimum Gasteiger partial charge on any atom is -0.491 e. The summed E-state index contributed by atoms with van der Waals surface area (Å²) >= 11 is 0. The quantitative estimate of drug-likeness (QED) is 0.885. The maximum absolute atomic E-state index is 8.99. The Kier molecular flexibility index (Phi) is 5.86. The summed E-state index contributed by atoms with van der Waals surface area (Å²) in [6.45, 7) is 4.37. The highest BCUT2D eigenvalue weighted by molar-refractivity contribution is 5.33. The number of aliphatic hydroxyl groups is 1. The lowest BCUT2D eigenvalue weighted by atomic mass is 10.0. The number of rotatable bonds is 6. The summed E-state index contributed by atoms with van der Waals surface area (Å²) in [7, 11) is 2.20. The van der Waals surface area contributed by atoms with Crippen LogP contribution in [0.25, 0.3) is 0 Å². The predicted molar refractivity (Wildman–Crippen MR) is 96.1 cm³/mol. The molecule has 1 heterocycles. The Labute approximate surface area is 144 Å². The molecule has 0 bridgehead atoms. The lowest BCUT2D eigenvalue weighted by molar-refractivity contribution is 0.0894. The Morgan fingerprint density at radius 1 is 1.04 bits per heavy atom. The van der Waals surface area contributed by atoms with Crippen LogP contribution in [0.2, 0.25) is 0 Å². The van der Waals surface area contributed by atoms with Gasteiger partial charge in [-0.1, -0.05) is 48.5 Å². The SMILES string of the molecule is CN1CCN(Cc2ccccc2OCCO)CC1c1ccccc1. The maximum atomic E-state index is 8.99. The molecule has 1 fully saturated rings. The van der Waals surface area contributed by atoms with Crippen molar-refractivity contribution >= 4 is 0 Å². The Balaban J connectivity index is 1.70. The van der Waals surface area contributed by atoms with Gasteiger partial charge < -0.3 is 9.84 Å². The molecule has 0 saturated carbocycles. The first-order valence-corrected chi connectivity index (χ1v) is 8.57. The second-order valence-electron chi connectivity index (χ2n) is 6.32. The lowest BCUT2D eigenvalue weighted by Crippen LogP contribution is -2.46. The molecular formula is C20H26N2O2. The zero-order chi connectivity index (χ0) is 16.8. The smallest absolute Gasteiger partial charge is 0.123 e. The van der Waals surface area contributed by atoms with Crippen molar-refractivity contribution in [3.63, 3.8) is 0 Å². The van der Waals surface area contributed by atoms with E-state index in [1.165, 1.54) is 11.1 Å². The number of ether oxygens (including phenoxy) is 1. The van der Waals surface area contributed by atoms with E-state index in [2.05, 4.69) is 53.2 Å². The van der Waals surface area contributed by atoms with Gasteiger partial charge in [0.2, 0.25) is 0 Å². The molecule has 128 valence electrons. The first kappa shape index (κ1) is 17.0. The minimum atomic E-state index is 0.0406. The topological polar surface area (TPSA) is 35.9 Å². The van der Waals surface area contributed by atoms with Gasteiger partial charge in [-0.3, -0.25) is 9.80 Å². The monoisotopic (exact) mass is 326 g/mol. The Bertz CT molecular complexity index is 633. The molecular weight excluding hydrogens is 300 g/mol. The van der Waals surface area contributed by atoms with Crippen LogP contribution < -0.4 is 4.74 Å². The van der Waals surface area contributed by atoms with Gasteiger partial charge in [-0.15, -0.1) is 0 Å². The van der Waals surface area contributed by atoms with Crippen molar-refractivity contribution in [3.05, 3.63) is 65.7 Å². The lowest BCUT2D eigenvalue weighted by Gasteiger charge is -2.40. The largest absolute Gasteiger partial charge is 0.491 e. The molecule has 2 aromatic carbocycles. The predicted octanol–water partition coefficient (Wildman–Crippen LogP) is 2.55. The van der Waals surface area contributed by atoms with Crippen molar-refractivity contribution in [2.75, 3.05) is 39.9 Å². The molecule has 1 aliphatic heterocycles. The normalized spacial score (nSPS) is 19.3. The van der Waals surface area contributed by atoms with Crippen LogP contribution in [0, 0.1) is 0 Å². The number of aliphatic hydroxyl groups excluding tert-OH is 1. The van der Waals surface area contributed by atoms with E-state index in [0.717, 1.165) is 31.9 Å². The van der Waals surface area contributed by atoms with E-state index in [4.69, 9.17) is 9.84 Å². The van der Waals surface area contributed by atoms with E-state index in [1.54, 1.807) is 0 Å². The molecule has 0 aromatic heterocycles. The van der Waals surface area contributed by atoms with Crippen LogP contribution in [0.15, 0.2) is 54.6 Å². The first-order valence-electron chi connectivity index (χ1n) is 8.57. The summed E-state index contributed by atoms with van der Waals surface area (Å²) in [4.78, 5) is 4.92. The van der Waals surface area contributed by atoms with Gasteiger partial charge >= 0.3 is 0 Å². The Hall–Kier alpha value is -1.88. The number of likely N-dealkylation sites (N-methyl/N-ethyl adjacent to an activating group) is 1. The highest BCUT2D eigenvalue weighted by Crippen LogP contribution is 2.26. The Morgan fingerprint density at radius 2 is 1.79 bits per heavy atom. The van der Waals surface area contributed by atoms with Crippen LogP contribution in [-0.2, 0) is 6.54 Å². The van der Waals surface area contributed by atoms with Crippen LogP contribution >= 0.6 is 0 Å². The Morgan fingerprint density at radius 3 is 2.58 bits per heavy atom. The molecule has 0 spiro atoms. The summed E-state index contributed by atoms with van der Waals surface area (Å²) in [6, 6.07) is 19.3. The van der Waals surface area contributed by atoms with E-state index < -0.39 is 0 Å². The third-order valence-corrected chi connectivity index (χ3v) is 4.63. The van der Waals surface area contributed by atoms with Gasteiger partial charge in [0.25, 0.3) is 0 Å². The van der Waals surface area contributed by atoms with E-state index in [-0.39, 0.29) is 6.61 Å². The van der Waals surface area contributed by atoms with Crippen molar-refractivity contribution in [2.24, 2.45) is 0 Å². The van der Waals surface area contributed by atoms with E-state index in [1.807, 2.05) is 18.2 Å². The summed E-state index contributed by atoms with van der Waals surface area (Å²) < 4.78 is 5.67. The first-order chi connectivity index (χ1) is 11.8. The fourth-order valence-electron chi connectivity index (χ4n) is 3.28. The molecule has 0 radical (unpaired) electrons. The molecule has 1 unspecified atom stereocenters. The van der Waals surface area contributed by atoms with Gasteiger partial charge in [0.1, 0.15) is 12.4 Å². The van der Waals surface area contributed by atoms with Crippen LogP contribution in [0.4, 0.5) is 0 Å². The molecule has 1 aliphatic rings. The van der Waals surface area contributed by atoms with Crippen LogP contribution in [0.5, 0.6) is 5.75 Å². The molecule has 1 atom stereocenters. The molecule has 4 nitrogen and oxygen atoms in total. The number of hydrogen-bond acceptors (Lipinski definition) is 4. The zero-order valence-corrected chi connectivity index (χ0v) is 14.3. The fraction of sp³-hybridized carbons (Fsp3) is 0.400. The van der Waals surface area contributed by atoms with Gasteiger partial charge in [-0.25, -0.2) is 0 Å². The molecule has 1 saturated heterocycles. The number of hydrogen-bond donors (Lipinski definition) is 1. The van der Waals surface area contributed by atoms with Gasteiger partial charge in [0.15, 0.2) is 0 Å². The third-order valence-electron chi connectivity index (χ3n) is 4.63. The molecule has 4 heteroatoms. The molecule has 0 aliphatic carbocycles. The van der Waals surface area contributed by atoms with E-state index >= 15 is 0 Å². The summed E-state index contributed by atoms with van der Waals surface area (Å²) in [5, 5.41) is 8.99. The molecule has 1 N–H and O–H groups in total. The standard InChI is InChI=1S/C20H26N2O2/c1-21-11-12-22(16-19(21)17-7-3-2-4-8-17)15-18-9-5-6-10-20(18)24-14-13-23/h2-10,19,23H,11-16H2,1H3. The summed E-state index contributed by atoms with van der Waals surface area (Å²) in [5.41, 5.74) is 2.55. The van der Waals surface area contributed by atoms with Crippen molar-refractivity contribution in [1.82, 2.24) is 9.80 Å². The third kappa shape index (κ3) is 4.15. The van der Waals surface area contributed by atoms with Crippen LogP contribution in [0.1, 0.15) is 17.2 Å². The fourth-order valence-corrected chi connectivity index (χ4v) is 3.28. The van der Waals surface area contributed by atoms with Gasteiger partial charge in [-0.05, 0) is 18.7 Å². The second-order valence-corrected chi connectivity index (χ2v) is 6.32. The average molecular weight is 326 g/mol. The molecule has 2 aromatic rings. The highest BCUT2D eigenvalue weighted by atomic mass is 16.5. The van der Waals surface area contributed by atoms with Crippen molar-refractivity contribution in [1.29, 1.82) is 0 Å². The van der Waals surface area contributed by atoms with Crippen molar-refractivity contribution in [3.8, 4) is 5.75 Å². The number of nitrogens with zero attached hydrogens (tertiary/aromatic N) is 2. The van der Waals surface area contributed by atoms with Gasteiger partial charge in [0, 0.05) is 37.8 Å². The minimum absolute atomic E-state index is 0.0406. The van der Waals surface area contributed by atoms with Crippen molar-refractivity contribution in [2.45, 2.75) is 12.6 Å². The van der Waals surface area contributed by atoms with Crippen molar-refractivity contribution < 1.29 is 9.84 Å². The highest BCUT2D eigenvalue weighted by Gasteiger charge is 2.25. The second kappa shape index (κ2) is 8.29. The summed E-state index contributed by atoms with van der Waals surface area (Å²) in [5.74, 6) is 0.877. The van der Waals surface area contributed by atoms with E-state index in [0.29, 0.717) is 12.6 Å². The van der Waals surface area contributed by atoms with Gasteiger partial charge in [0.05, 0.1) is 6.61 Å². The summed E-state index contributed by atoms with van der Waals surface area (Å²) in [6.07, 6.45) is 0. The number of para-hydroxylation sites is 1. The van der Waals surface area contributed by atoms with Gasteiger partial charge in [-0.2, -0.15) is 0 Å². The zero-order valence-electron chi connectivity index (χ0n) is 14.3. The molecule has 3 rings (SSSR count). The van der Waals surface area contributed by atoms with Crippen LogP contribution in [0.3, 0.4) is 0 Å². The number of benzene rings is 2. The van der Waals surface area contributed by atoms with E-state index in [9.17, 15) is 0 Å². The molecule has 24 heavy (non-hydrogen) atoms. The van der Waals surface area contributed by atoms with Crippen LogP contribution in [-0.4, -0.2) is 54.8 Å².